The van der Waals surface area contributed by atoms with Crippen LogP contribution in [-0.2, 0) is 12.8 Å². The number of rotatable bonds is 1. The minimum absolute atomic E-state index is 0.0969. The lowest BCUT2D eigenvalue weighted by Crippen LogP contribution is -2.49. The van der Waals surface area contributed by atoms with Gasteiger partial charge >= 0.3 is 0 Å². The van der Waals surface area contributed by atoms with Crippen LogP contribution in [-0.4, -0.2) is 29.4 Å². The average Bonchev–Trinajstić information content (AvgIpc) is 2.80. The molecule has 1 aliphatic heterocycles. The topological polar surface area (TPSA) is 46.3 Å². The molecule has 1 atom stereocenters. The van der Waals surface area contributed by atoms with Crippen molar-refractivity contribution in [3.05, 3.63) is 21.4 Å². The van der Waals surface area contributed by atoms with E-state index < -0.39 is 0 Å². The van der Waals surface area contributed by atoms with Gasteiger partial charge in [0.25, 0.3) is 5.91 Å². The molecule has 2 N–H and O–H groups in total. The second-order valence-corrected chi connectivity index (χ2v) is 7.81. The van der Waals surface area contributed by atoms with Gasteiger partial charge in [0.05, 0.1) is 5.56 Å². The zero-order valence-corrected chi connectivity index (χ0v) is 13.3. The number of nitrogens with two attached hydrogens (primary N) is 1. The van der Waals surface area contributed by atoms with Crippen molar-refractivity contribution in [3.8, 4) is 0 Å². The third-order valence-corrected chi connectivity index (χ3v) is 5.88. The molecule has 0 spiro atoms. The Morgan fingerprint density at radius 2 is 2.15 bits per heavy atom. The van der Waals surface area contributed by atoms with Crippen LogP contribution in [0.5, 0.6) is 0 Å². The number of hydrogen-bond donors (Lipinski definition) is 1. The summed E-state index contributed by atoms with van der Waals surface area (Å²) in [6.07, 6.45) is 5.24. The first kappa shape index (κ1) is 14.1. The molecule has 1 aromatic rings. The largest absolute Gasteiger partial charge is 0.338 e. The SMILES string of the molecule is CC1CCc2c(C(=O)N3CCC(C)(N)CC3)csc2C1. The molecular formula is C16H24N2OS. The van der Waals surface area contributed by atoms with E-state index in [1.807, 2.05) is 4.90 Å². The van der Waals surface area contributed by atoms with Gasteiger partial charge in [-0.15, -0.1) is 11.3 Å². The highest BCUT2D eigenvalue weighted by Gasteiger charge is 2.31. The van der Waals surface area contributed by atoms with Crippen LogP contribution >= 0.6 is 11.3 Å². The number of hydrogen-bond acceptors (Lipinski definition) is 3. The molecule has 1 saturated heterocycles. The monoisotopic (exact) mass is 292 g/mol. The van der Waals surface area contributed by atoms with Crippen LogP contribution in [0.3, 0.4) is 0 Å². The number of thiophene rings is 1. The van der Waals surface area contributed by atoms with Gasteiger partial charge in [0.2, 0.25) is 0 Å². The Bertz CT molecular complexity index is 511. The Balaban J connectivity index is 1.75. The van der Waals surface area contributed by atoms with E-state index >= 15 is 0 Å². The van der Waals surface area contributed by atoms with Crippen LogP contribution < -0.4 is 5.73 Å². The molecule has 1 unspecified atom stereocenters. The maximum absolute atomic E-state index is 12.7. The lowest BCUT2D eigenvalue weighted by atomic mass is 9.87. The number of fused-ring (bicyclic) bond motifs is 1. The molecule has 0 aromatic carbocycles. The molecule has 0 bridgehead atoms. The van der Waals surface area contributed by atoms with E-state index in [9.17, 15) is 4.79 Å². The Labute approximate surface area is 125 Å². The summed E-state index contributed by atoms with van der Waals surface area (Å²) in [6.45, 7) is 5.99. The Hall–Kier alpha value is -0.870. The van der Waals surface area contributed by atoms with Crippen molar-refractivity contribution < 1.29 is 4.79 Å². The summed E-state index contributed by atoms with van der Waals surface area (Å²) >= 11 is 1.78. The summed E-state index contributed by atoms with van der Waals surface area (Å²) in [7, 11) is 0. The van der Waals surface area contributed by atoms with Crippen molar-refractivity contribution in [3.63, 3.8) is 0 Å². The maximum atomic E-state index is 12.7. The van der Waals surface area contributed by atoms with Crippen LogP contribution in [0, 0.1) is 5.92 Å². The van der Waals surface area contributed by atoms with Crippen molar-refractivity contribution in [1.29, 1.82) is 0 Å². The minimum atomic E-state index is -0.0969. The molecule has 2 heterocycles. The van der Waals surface area contributed by atoms with E-state index in [4.69, 9.17) is 5.73 Å². The lowest BCUT2D eigenvalue weighted by molar-refractivity contribution is 0.0680. The molecular weight excluding hydrogens is 268 g/mol. The predicted molar refractivity (Wildman–Crippen MR) is 83.2 cm³/mol. The van der Waals surface area contributed by atoms with Gasteiger partial charge in [-0.05, 0) is 50.5 Å². The summed E-state index contributed by atoms with van der Waals surface area (Å²) in [5, 5.41) is 2.08. The van der Waals surface area contributed by atoms with Crippen LogP contribution in [0.2, 0.25) is 0 Å². The fourth-order valence-electron chi connectivity index (χ4n) is 3.25. The fraction of sp³-hybridized carbons (Fsp3) is 0.688. The van der Waals surface area contributed by atoms with E-state index in [1.165, 1.54) is 16.9 Å². The zero-order valence-electron chi connectivity index (χ0n) is 12.4. The highest BCUT2D eigenvalue weighted by molar-refractivity contribution is 7.10. The molecule has 0 radical (unpaired) electrons. The second kappa shape index (κ2) is 5.15. The van der Waals surface area contributed by atoms with Crippen molar-refractivity contribution in [2.75, 3.05) is 13.1 Å². The van der Waals surface area contributed by atoms with Crippen LogP contribution in [0.4, 0.5) is 0 Å². The first-order chi connectivity index (χ1) is 9.46. The first-order valence-corrected chi connectivity index (χ1v) is 8.52. The molecule has 2 aliphatic rings. The molecule has 0 saturated carbocycles. The highest BCUT2D eigenvalue weighted by Crippen LogP contribution is 2.34. The van der Waals surface area contributed by atoms with E-state index in [0.717, 1.165) is 50.3 Å². The average molecular weight is 292 g/mol. The molecule has 1 aliphatic carbocycles. The van der Waals surface area contributed by atoms with Gasteiger partial charge in [0.1, 0.15) is 0 Å². The summed E-state index contributed by atoms with van der Waals surface area (Å²) in [6, 6.07) is 0. The third-order valence-electron chi connectivity index (χ3n) is 4.83. The van der Waals surface area contributed by atoms with E-state index in [2.05, 4.69) is 19.2 Å². The van der Waals surface area contributed by atoms with Crippen molar-refractivity contribution in [2.24, 2.45) is 11.7 Å². The van der Waals surface area contributed by atoms with Gasteiger partial charge < -0.3 is 10.6 Å². The van der Waals surface area contributed by atoms with Gasteiger partial charge in [0, 0.05) is 28.9 Å². The molecule has 20 heavy (non-hydrogen) atoms. The number of piperidine rings is 1. The Kier molecular flexibility index (Phi) is 3.63. The number of likely N-dealkylation sites (tertiary alicyclic amines) is 1. The van der Waals surface area contributed by atoms with Gasteiger partial charge in [-0.1, -0.05) is 6.92 Å². The zero-order chi connectivity index (χ0) is 14.3. The predicted octanol–water partition coefficient (Wildman–Crippen LogP) is 2.83. The molecule has 3 nitrogen and oxygen atoms in total. The molecule has 1 aromatic heterocycles. The van der Waals surface area contributed by atoms with Gasteiger partial charge in [0.15, 0.2) is 0 Å². The number of amides is 1. The van der Waals surface area contributed by atoms with Crippen molar-refractivity contribution in [2.45, 2.75) is 51.5 Å². The molecule has 4 heteroatoms. The normalized spacial score (nSPS) is 25.4. The standard InChI is InChI=1S/C16H24N2OS/c1-11-3-4-12-13(10-20-14(12)9-11)15(19)18-7-5-16(2,17)6-8-18/h10-11H,3-9,17H2,1-2H3. The third kappa shape index (κ3) is 2.63. The highest BCUT2D eigenvalue weighted by atomic mass is 32.1. The van der Waals surface area contributed by atoms with Crippen molar-refractivity contribution >= 4 is 17.2 Å². The van der Waals surface area contributed by atoms with E-state index in [0.29, 0.717) is 0 Å². The summed E-state index contributed by atoms with van der Waals surface area (Å²) in [5.41, 5.74) is 8.35. The Morgan fingerprint density at radius 1 is 1.45 bits per heavy atom. The maximum Gasteiger partial charge on any atom is 0.254 e. The van der Waals surface area contributed by atoms with Crippen LogP contribution in [0.15, 0.2) is 5.38 Å². The van der Waals surface area contributed by atoms with E-state index in [-0.39, 0.29) is 11.4 Å². The van der Waals surface area contributed by atoms with E-state index in [1.54, 1.807) is 11.3 Å². The number of carbonyl (C=O) groups is 1. The van der Waals surface area contributed by atoms with Gasteiger partial charge in [-0.3, -0.25) is 4.79 Å². The quantitative estimate of drug-likeness (QED) is 0.865. The molecule has 3 rings (SSSR count). The first-order valence-electron chi connectivity index (χ1n) is 7.64. The molecule has 1 amide bonds. The van der Waals surface area contributed by atoms with Crippen molar-refractivity contribution in [1.82, 2.24) is 4.90 Å². The smallest absolute Gasteiger partial charge is 0.254 e. The number of nitrogens with zero attached hydrogens (tertiary/aromatic N) is 1. The Morgan fingerprint density at radius 3 is 2.85 bits per heavy atom. The second-order valence-electron chi connectivity index (χ2n) is 6.85. The summed E-state index contributed by atoms with van der Waals surface area (Å²) in [5.74, 6) is 0.990. The summed E-state index contributed by atoms with van der Waals surface area (Å²) < 4.78 is 0. The fourth-order valence-corrected chi connectivity index (χ4v) is 4.49. The van der Waals surface area contributed by atoms with Crippen LogP contribution in [0.1, 0.15) is 53.9 Å². The molecule has 1 fully saturated rings. The number of carbonyl (C=O) groups excluding carboxylic acids is 1. The van der Waals surface area contributed by atoms with Gasteiger partial charge in [-0.2, -0.15) is 0 Å². The molecule has 110 valence electrons. The minimum Gasteiger partial charge on any atom is -0.338 e. The van der Waals surface area contributed by atoms with Crippen LogP contribution in [0.25, 0.3) is 0 Å². The lowest BCUT2D eigenvalue weighted by Gasteiger charge is -2.36. The van der Waals surface area contributed by atoms with Gasteiger partial charge in [-0.25, -0.2) is 0 Å². The summed E-state index contributed by atoms with van der Waals surface area (Å²) in [4.78, 5) is 16.1.